The molecule has 0 aliphatic rings. The van der Waals surface area contributed by atoms with Crippen molar-refractivity contribution in [1.29, 1.82) is 0 Å². The molecule has 0 aliphatic carbocycles. The third kappa shape index (κ3) is 2.39. The Kier molecular flexibility index (Phi) is 2.88. The van der Waals surface area contributed by atoms with Gasteiger partial charge >= 0.3 is 5.97 Å². The van der Waals surface area contributed by atoms with Crippen LogP contribution in [0.15, 0.2) is 16.5 Å². The smallest absolute Gasteiger partial charge is 0.311 e. The summed E-state index contributed by atoms with van der Waals surface area (Å²) in [4.78, 5) is 10.2. The SMILES string of the molecule is O=C(O)Cc1ccc(CC[OH2+])o1. The van der Waals surface area contributed by atoms with Crippen LogP contribution >= 0.6 is 0 Å². The predicted octanol–water partition coefficient (Wildman–Crippen LogP) is 0.174. The largest absolute Gasteiger partial charge is 0.481 e. The molecule has 4 nitrogen and oxygen atoms in total. The molecule has 0 saturated heterocycles. The number of hydrogen-bond donors (Lipinski definition) is 1. The molecule has 0 fully saturated rings. The molecule has 0 atom stereocenters. The molecule has 1 heterocycles. The second-order valence-corrected chi connectivity index (χ2v) is 2.44. The minimum Gasteiger partial charge on any atom is -0.481 e. The Morgan fingerprint density at radius 1 is 1.50 bits per heavy atom. The van der Waals surface area contributed by atoms with Gasteiger partial charge in [-0.1, -0.05) is 0 Å². The minimum absolute atomic E-state index is 0.0853. The van der Waals surface area contributed by atoms with Gasteiger partial charge in [-0.15, -0.1) is 0 Å². The van der Waals surface area contributed by atoms with Crippen LogP contribution in [0, 0.1) is 0 Å². The molecule has 1 aromatic heterocycles. The first-order valence-corrected chi connectivity index (χ1v) is 3.66. The molecule has 0 bridgehead atoms. The van der Waals surface area contributed by atoms with Gasteiger partial charge < -0.3 is 14.6 Å². The van der Waals surface area contributed by atoms with Gasteiger partial charge in [-0.25, -0.2) is 0 Å². The van der Waals surface area contributed by atoms with Crippen LogP contribution in [0.5, 0.6) is 0 Å². The van der Waals surface area contributed by atoms with E-state index in [0.29, 0.717) is 17.9 Å². The van der Waals surface area contributed by atoms with Crippen molar-refractivity contribution in [2.75, 3.05) is 6.61 Å². The lowest BCUT2D eigenvalue weighted by Crippen LogP contribution is -1.98. The molecule has 0 spiro atoms. The lowest BCUT2D eigenvalue weighted by Gasteiger charge is -1.90. The van der Waals surface area contributed by atoms with Crippen LogP contribution in [-0.2, 0) is 17.6 Å². The molecule has 1 rings (SSSR count). The number of carbonyl (C=O) groups is 1. The summed E-state index contributed by atoms with van der Waals surface area (Å²) < 4.78 is 5.13. The highest BCUT2D eigenvalue weighted by atomic mass is 16.4. The molecule has 0 aromatic carbocycles. The van der Waals surface area contributed by atoms with E-state index in [1.165, 1.54) is 0 Å². The maximum atomic E-state index is 10.2. The summed E-state index contributed by atoms with van der Waals surface area (Å²) in [6, 6.07) is 3.35. The molecular formula is C8H11O4+. The molecule has 4 heteroatoms. The summed E-state index contributed by atoms with van der Waals surface area (Å²) in [6.07, 6.45) is 0.456. The average Bonchev–Trinajstić information content (AvgIpc) is 2.36. The van der Waals surface area contributed by atoms with E-state index in [1.54, 1.807) is 12.1 Å². The zero-order valence-electron chi connectivity index (χ0n) is 6.54. The van der Waals surface area contributed by atoms with E-state index < -0.39 is 5.97 Å². The zero-order valence-corrected chi connectivity index (χ0v) is 6.54. The van der Waals surface area contributed by atoms with Crippen LogP contribution in [-0.4, -0.2) is 22.8 Å². The van der Waals surface area contributed by atoms with Gasteiger partial charge in [0.25, 0.3) is 0 Å². The molecule has 1 aromatic rings. The lowest BCUT2D eigenvalue weighted by atomic mass is 10.3. The minimum atomic E-state index is -0.901. The van der Waals surface area contributed by atoms with E-state index in [2.05, 4.69) is 0 Å². The normalized spacial score (nSPS) is 10.1. The van der Waals surface area contributed by atoms with Crippen LogP contribution in [0.25, 0.3) is 0 Å². The summed E-state index contributed by atoms with van der Waals surface area (Å²) >= 11 is 0. The Labute approximate surface area is 69.4 Å². The molecule has 3 N–H and O–H groups in total. The maximum absolute atomic E-state index is 10.2. The lowest BCUT2D eigenvalue weighted by molar-refractivity contribution is -0.136. The van der Waals surface area contributed by atoms with Gasteiger partial charge in [0.1, 0.15) is 17.9 Å². The second-order valence-electron chi connectivity index (χ2n) is 2.44. The molecule has 12 heavy (non-hydrogen) atoms. The molecule has 0 saturated carbocycles. The number of hydrogen-bond acceptors (Lipinski definition) is 2. The van der Waals surface area contributed by atoms with E-state index in [-0.39, 0.29) is 13.0 Å². The Balaban J connectivity index is 2.58. The highest BCUT2D eigenvalue weighted by Crippen LogP contribution is 2.08. The second kappa shape index (κ2) is 3.92. The van der Waals surface area contributed by atoms with Crippen molar-refractivity contribution in [2.24, 2.45) is 0 Å². The van der Waals surface area contributed by atoms with Gasteiger partial charge in [0.05, 0.1) is 6.42 Å². The summed E-state index contributed by atoms with van der Waals surface area (Å²) in [6.45, 7) is 0.264. The van der Waals surface area contributed by atoms with E-state index in [0.717, 1.165) is 0 Å². The summed E-state index contributed by atoms with van der Waals surface area (Å²) in [5, 5.41) is 15.3. The Hall–Kier alpha value is -1.29. The van der Waals surface area contributed by atoms with E-state index in [4.69, 9.17) is 14.6 Å². The Morgan fingerprint density at radius 2 is 2.17 bits per heavy atom. The number of rotatable bonds is 4. The van der Waals surface area contributed by atoms with Gasteiger partial charge in [0.15, 0.2) is 6.61 Å². The van der Waals surface area contributed by atoms with Crippen molar-refractivity contribution in [2.45, 2.75) is 12.8 Å². The van der Waals surface area contributed by atoms with Gasteiger partial charge in [0.2, 0.25) is 0 Å². The molecule has 0 radical (unpaired) electrons. The highest BCUT2D eigenvalue weighted by molar-refractivity contribution is 5.69. The molecule has 0 amide bonds. The first-order valence-electron chi connectivity index (χ1n) is 3.66. The molecule has 66 valence electrons. The Bertz CT molecular complexity index is 264. The van der Waals surface area contributed by atoms with Crippen LogP contribution in [0.2, 0.25) is 0 Å². The maximum Gasteiger partial charge on any atom is 0.311 e. The van der Waals surface area contributed by atoms with Crippen molar-refractivity contribution < 1.29 is 19.4 Å². The number of carboxylic acid groups (broad SMARTS) is 1. The van der Waals surface area contributed by atoms with Crippen LogP contribution in [0.4, 0.5) is 0 Å². The van der Waals surface area contributed by atoms with Crippen LogP contribution < -0.4 is 0 Å². The van der Waals surface area contributed by atoms with Gasteiger partial charge in [-0.05, 0) is 12.1 Å². The summed E-state index contributed by atoms with van der Waals surface area (Å²) in [7, 11) is 0. The van der Waals surface area contributed by atoms with Gasteiger partial charge in [-0.2, -0.15) is 0 Å². The highest BCUT2D eigenvalue weighted by Gasteiger charge is 2.05. The topological polar surface area (TPSA) is 73.3 Å². The van der Waals surface area contributed by atoms with Crippen LogP contribution in [0.1, 0.15) is 11.5 Å². The number of aliphatic carboxylic acids is 1. The molecular weight excluding hydrogens is 160 g/mol. The van der Waals surface area contributed by atoms with Crippen molar-refractivity contribution >= 4 is 5.97 Å². The monoisotopic (exact) mass is 171 g/mol. The fourth-order valence-electron chi connectivity index (χ4n) is 0.924. The predicted molar refractivity (Wildman–Crippen MR) is 42.2 cm³/mol. The van der Waals surface area contributed by atoms with Crippen LogP contribution in [0.3, 0.4) is 0 Å². The van der Waals surface area contributed by atoms with E-state index >= 15 is 0 Å². The fourth-order valence-corrected chi connectivity index (χ4v) is 0.924. The fraction of sp³-hybridized carbons (Fsp3) is 0.375. The first kappa shape index (κ1) is 8.80. The van der Waals surface area contributed by atoms with Gasteiger partial charge in [-0.3, -0.25) is 4.79 Å². The first-order chi connectivity index (χ1) is 5.72. The summed E-state index contributed by atoms with van der Waals surface area (Å²) in [5.74, 6) is 0.231. The number of furan rings is 1. The average molecular weight is 171 g/mol. The van der Waals surface area contributed by atoms with E-state index in [1.807, 2.05) is 0 Å². The van der Waals surface area contributed by atoms with Crippen molar-refractivity contribution in [3.63, 3.8) is 0 Å². The van der Waals surface area contributed by atoms with Crippen molar-refractivity contribution in [3.8, 4) is 0 Å². The standard InChI is InChI=1S/C8H10O4/c9-4-3-6-1-2-7(12-6)5-8(10)11/h1-2,9H,3-5H2,(H,10,11)/p+1. The molecule has 0 unspecified atom stereocenters. The van der Waals surface area contributed by atoms with Gasteiger partial charge in [0, 0.05) is 0 Å². The number of carboxylic acids is 1. The summed E-state index contributed by atoms with van der Waals surface area (Å²) in [5.41, 5.74) is 0. The van der Waals surface area contributed by atoms with E-state index in [9.17, 15) is 4.79 Å². The van der Waals surface area contributed by atoms with Crippen molar-refractivity contribution in [1.82, 2.24) is 0 Å². The molecule has 0 aliphatic heterocycles. The quantitative estimate of drug-likeness (QED) is 0.656. The third-order valence-corrected chi connectivity index (χ3v) is 1.41. The zero-order chi connectivity index (χ0) is 8.97. The van der Waals surface area contributed by atoms with Crippen molar-refractivity contribution in [3.05, 3.63) is 23.7 Å². The third-order valence-electron chi connectivity index (χ3n) is 1.41. The Morgan fingerprint density at radius 3 is 2.75 bits per heavy atom.